The molecule has 1 aliphatic heterocycles. The molecule has 1 aliphatic rings. The van der Waals surface area contributed by atoms with Crippen LogP contribution in [-0.4, -0.2) is 60.7 Å². The van der Waals surface area contributed by atoms with Crippen LogP contribution in [0.2, 0.25) is 0 Å². The Hall–Kier alpha value is -4.68. The average Bonchev–Trinajstić information content (AvgIpc) is 3.35. The van der Waals surface area contributed by atoms with Crippen LogP contribution in [0.5, 0.6) is 0 Å². The van der Waals surface area contributed by atoms with E-state index in [9.17, 15) is 27.6 Å². The van der Waals surface area contributed by atoms with Crippen LogP contribution in [0.15, 0.2) is 70.4 Å². The van der Waals surface area contributed by atoms with Gasteiger partial charge in [-0.25, -0.2) is 14.6 Å². The number of fused-ring (bicyclic) bond motifs is 1. The molecule has 0 saturated carbocycles. The number of imidazole rings is 1. The van der Waals surface area contributed by atoms with Gasteiger partial charge >= 0.3 is 17.8 Å². The number of nitrogens with zero attached hydrogens (tertiary/aromatic N) is 3. The number of carboxylic acids is 1. The minimum atomic E-state index is -5.08. The first-order chi connectivity index (χ1) is 19.5. The van der Waals surface area contributed by atoms with Gasteiger partial charge in [-0.15, -0.1) is 0 Å². The largest absolute Gasteiger partial charge is 0.490 e. The predicted molar refractivity (Wildman–Crippen MR) is 144 cm³/mol. The summed E-state index contributed by atoms with van der Waals surface area (Å²) in [4.78, 5) is 58.5. The zero-order valence-corrected chi connectivity index (χ0v) is 21.9. The Kier molecular flexibility index (Phi) is 9.05. The Morgan fingerprint density at radius 3 is 2.27 bits per heavy atom. The van der Waals surface area contributed by atoms with Gasteiger partial charge in [-0.2, -0.15) is 13.2 Å². The van der Waals surface area contributed by atoms with E-state index in [1.807, 2.05) is 59.6 Å². The smallest absolute Gasteiger partial charge is 0.475 e. The van der Waals surface area contributed by atoms with Crippen molar-refractivity contribution >= 4 is 22.8 Å². The van der Waals surface area contributed by atoms with Crippen molar-refractivity contribution in [1.82, 2.24) is 24.4 Å². The fourth-order valence-electron chi connectivity index (χ4n) is 4.66. The third-order valence-electron chi connectivity index (χ3n) is 6.75. The number of carbonyl (C=O) groups is 2. The number of aryl methyl sites for hydroxylation is 1. The summed E-state index contributed by atoms with van der Waals surface area (Å²) >= 11 is 0. The van der Waals surface area contributed by atoms with Gasteiger partial charge < -0.3 is 20.0 Å². The summed E-state index contributed by atoms with van der Waals surface area (Å²) in [5.41, 5.74) is 2.20. The third-order valence-corrected chi connectivity index (χ3v) is 6.75. The summed E-state index contributed by atoms with van der Waals surface area (Å²) in [6, 6.07) is 17.1. The molecule has 0 atom stereocenters. The average molecular weight is 572 g/mol. The summed E-state index contributed by atoms with van der Waals surface area (Å²) in [7, 11) is 0. The van der Waals surface area contributed by atoms with Gasteiger partial charge in [-0.05, 0) is 37.0 Å². The zero-order valence-electron chi connectivity index (χ0n) is 21.9. The molecule has 5 rings (SSSR count). The van der Waals surface area contributed by atoms with Crippen LogP contribution in [-0.2, 0) is 16.0 Å². The van der Waals surface area contributed by atoms with Crippen LogP contribution in [0.4, 0.5) is 13.2 Å². The van der Waals surface area contributed by atoms with E-state index in [1.165, 1.54) is 0 Å². The maximum Gasteiger partial charge on any atom is 0.490 e. The fourth-order valence-corrected chi connectivity index (χ4v) is 4.66. The highest BCUT2D eigenvalue weighted by Crippen LogP contribution is 2.24. The van der Waals surface area contributed by atoms with Gasteiger partial charge in [0.2, 0.25) is 5.91 Å². The van der Waals surface area contributed by atoms with Gasteiger partial charge in [0.1, 0.15) is 5.82 Å². The molecule has 0 spiro atoms. The summed E-state index contributed by atoms with van der Waals surface area (Å²) in [6.07, 6.45) is -0.129. The number of aliphatic carboxylic acids is 1. The number of piperidine rings is 1. The van der Waals surface area contributed by atoms with Crippen LogP contribution < -0.4 is 11.2 Å². The van der Waals surface area contributed by atoms with E-state index in [2.05, 4.69) is 15.0 Å². The molecule has 13 heteroatoms. The molecular weight excluding hydrogens is 543 g/mol. The number of H-pyrrole nitrogens is 2. The number of carbonyl (C=O) groups excluding carboxylic acids is 1. The second kappa shape index (κ2) is 12.7. The maximum atomic E-state index is 12.7. The van der Waals surface area contributed by atoms with Crippen molar-refractivity contribution in [2.24, 2.45) is 0 Å². The molecule has 0 unspecified atom stereocenters. The molecule has 2 aromatic carbocycles. The molecule has 3 N–H and O–H groups in total. The van der Waals surface area contributed by atoms with E-state index in [0.29, 0.717) is 49.1 Å². The lowest BCUT2D eigenvalue weighted by Gasteiger charge is -2.32. The number of hydrogen-bond donors (Lipinski definition) is 3. The Morgan fingerprint density at radius 1 is 0.976 bits per heavy atom. The number of benzene rings is 2. The number of para-hydroxylation sites is 1. The molecule has 0 aliphatic carbocycles. The van der Waals surface area contributed by atoms with Gasteiger partial charge in [0.15, 0.2) is 0 Å². The number of aromatic nitrogens is 4. The van der Waals surface area contributed by atoms with Gasteiger partial charge in [0.25, 0.3) is 5.56 Å². The van der Waals surface area contributed by atoms with Gasteiger partial charge in [0, 0.05) is 38.2 Å². The second-order valence-electron chi connectivity index (χ2n) is 9.54. The van der Waals surface area contributed by atoms with Crippen molar-refractivity contribution in [3.63, 3.8) is 0 Å². The van der Waals surface area contributed by atoms with Gasteiger partial charge in [-0.3, -0.25) is 14.2 Å². The van der Waals surface area contributed by atoms with E-state index < -0.39 is 12.1 Å². The number of carboxylic acid groups (broad SMARTS) is 1. The van der Waals surface area contributed by atoms with Gasteiger partial charge in [0.05, 0.1) is 16.6 Å². The molecule has 1 amide bonds. The van der Waals surface area contributed by atoms with Crippen LogP contribution in [0.1, 0.15) is 37.5 Å². The molecule has 10 nitrogen and oxygen atoms in total. The first kappa shape index (κ1) is 29.3. The van der Waals surface area contributed by atoms with Crippen molar-refractivity contribution in [3.8, 4) is 11.3 Å². The van der Waals surface area contributed by atoms with Crippen molar-refractivity contribution in [2.45, 2.75) is 44.3 Å². The van der Waals surface area contributed by atoms with Crippen LogP contribution in [0.3, 0.4) is 0 Å². The zero-order chi connectivity index (χ0) is 29.6. The van der Waals surface area contributed by atoms with Crippen LogP contribution in [0, 0.1) is 0 Å². The first-order valence-corrected chi connectivity index (χ1v) is 13.0. The van der Waals surface area contributed by atoms with Crippen molar-refractivity contribution < 1.29 is 27.9 Å². The molecule has 216 valence electrons. The SMILES string of the molecule is O=C(CCCc1nc2ccccc2c(=O)[nH]1)N1CCC(n2cc(-c3ccccc3)[nH]c2=O)CC1.O=C(O)C(F)(F)F. The molecule has 4 aromatic rings. The van der Waals surface area contributed by atoms with E-state index in [-0.39, 0.29) is 23.2 Å². The lowest BCUT2D eigenvalue weighted by atomic mass is 10.0. The summed E-state index contributed by atoms with van der Waals surface area (Å²) in [6.45, 7) is 1.26. The van der Waals surface area contributed by atoms with Crippen LogP contribution >= 0.6 is 0 Å². The summed E-state index contributed by atoms with van der Waals surface area (Å²) in [5.74, 6) is -2.04. The highest BCUT2D eigenvalue weighted by Gasteiger charge is 2.38. The van der Waals surface area contributed by atoms with E-state index in [1.54, 1.807) is 10.6 Å². The number of aromatic amines is 2. The topological polar surface area (TPSA) is 141 Å². The Balaban J connectivity index is 0.000000493. The quantitative estimate of drug-likeness (QED) is 0.321. The van der Waals surface area contributed by atoms with Crippen molar-refractivity contribution in [1.29, 1.82) is 0 Å². The molecule has 3 heterocycles. The van der Waals surface area contributed by atoms with Gasteiger partial charge in [-0.1, -0.05) is 42.5 Å². The number of amides is 1. The Morgan fingerprint density at radius 2 is 1.61 bits per heavy atom. The number of halogens is 3. The minimum absolute atomic E-state index is 0.0807. The second-order valence-corrected chi connectivity index (χ2v) is 9.54. The predicted octanol–water partition coefficient (Wildman–Crippen LogP) is 3.90. The molecule has 1 fully saturated rings. The summed E-state index contributed by atoms with van der Waals surface area (Å²) in [5, 5.41) is 7.70. The Bertz CT molecular complexity index is 1620. The number of rotatable bonds is 6. The number of nitrogens with one attached hydrogen (secondary N) is 2. The summed E-state index contributed by atoms with van der Waals surface area (Å²) < 4.78 is 33.5. The lowest BCUT2D eigenvalue weighted by molar-refractivity contribution is -0.192. The standard InChI is InChI=1S/C26H27N5O3.C2HF3O2/c32-24(12-6-11-23-27-21-10-5-4-9-20(21)25(33)29-23)30-15-13-19(14-16-30)31-17-22(28-26(31)34)18-7-2-1-3-8-18;3-2(4,5)1(6)7/h1-5,7-10,17,19H,6,11-16H2,(H,28,34)(H,27,29,33);(H,6,7). The highest BCUT2D eigenvalue weighted by atomic mass is 19.4. The third kappa shape index (κ3) is 7.50. The van der Waals surface area contributed by atoms with E-state index in [0.717, 1.165) is 24.1 Å². The molecule has 0 bridgehead atoms. The molecule has 41 heavy (non-hydrogen) atoms. The molecule has 0 radical (unpaired) electrons. The molecule has 2 aromatic heterocycles. The lowest BCUT2D eigenvalue weighted by Crippen LogP contribution is -2.40. The monoisotopic (exact) mass is 571 g/mol. The molecular formula is C28H28F3N5O5. The van der Waals surface area contributed by atoms with Crippen molar-refractivity contribution in [2.75, 3.05) is 13.1 Å². The fraction of sp³-hybridized carbons (Fsp3) is 0.321. The normalized spacial score (nSPS) is 14.0. The number of alkyl halides is 3. The van der Waals surface area contributed by atoms with Crippen LogP contribution in [0.25, 0.3) is 22.2 Å². The maximum absolute atomic E-state index is 12.7. The first-order valence-electron chi connectivity index (χ1n) is 13.0. The number of hydrogen-bond acceptors (Lipinski definition) is 5. The van der Waals surface area contributed by atoms with E-state index >= 15 is 0 Å². The highest BCUT2D eigenvalue weighted by molar-refractivity contribution is 5.77. The van der Waals surface area contributed by atoms with E-state index in [4.69, 9.17) is 9.90 Å². The molecule has 1 saturated heterocycles. The Labute approximate surface area is 231 Å². The van der Waals surface area contributed by atoms with Crippen molar-refractivity contribution in [3.05, 3.63) is 87.5 Å². The minimum Gasteiger partial charge on any atom is -0.475 e. The number of likely N-dealkylation sites (tertiary alicyclic amines) is 1.